The van der Waals surface area contributed by atoms with Crippen LogP contribution < -0.4 is 11.1 Å². The maximum atomic E-state index is 5.94. The number of halogens is 1. The average molecular weight is 299 g/mol. The molecular weight excluding hydrogens is 288 g/mol. The molecule has 1 aliphatic rings. The van der Waals surface area contributed by atoms with Crippen LogP contribution in [0.2, 0.25) is 5.02 Å². The van der Waals surface area contributed by atoms with E-state index in [9.17, 15) is 0 Å². The van der Waals surface area contributed by atoms with Crippen molar-refractivity contribution >= 4 is 34.4 Å². The molecule has 0 bridgehead atoms. The second kappa shape index (κ2) is 4.46. The second-order valence-electron chi connectivity index (χ2n) is 4.73. The molecule has 0 saturated heterocycles. The number of nitrogens with one attached hydrogen (secondary N) is 1. The molecule has 3 aromatic rings. The predicted octanol–water partition coefficient (Wildman–Crippen LogP) is 2.37. The van der Waals surface area contributed by atoms with E-state index in [1.807, 2.05) is 36.4 Å². The van der Waals surface area contributed by atoms with Gasteiger partial charge >= 0.3 is 0 Å². The molecule has 3 heterocycles. The SMILES string of the molecule is NC1=NC(c2ccc(Cl)cc2)n2nc3ncccc3c2N1. The average Bonchev–Trinajstić information content (AvgIpc) is 2.86. The summed E-state index contributed by atoms with van der Waals surface area (Å²) in [6.07, 6.45) is 1.38. The fraction of sp³-hybridized carbons (Fsp3) is 0.0714. The molecule has 0 amide bonds. The summed E-state index contributed by atoms with van der Waals surface area (Å²) in [5, 5.41) is 9.16. The number of aromatic nitrogens is 3. The molecule has 4 rings (SSSR count). The number of nitrogens with two attached hydrogens (primary N) is 1. The summed E-state index contributed by atoms with van der Waals surface area (Å²) in [6, 6.07) is 11.3. The van der Waals surface area contributed by atoms with Crippen LogP contribution in [0.25, 0.3) is 11.0 Å². The summed E-state index contributed by atoms with van der Waals surface area (Å²) in [6.45, 7) is 0. The predicted molar refractivity (Wildman–Crippen MR) is 82.4 cm³/mol. The molecule has 1 atom stereocenters. The van der Waals surface area contributed by atoms with E-state index in [1.54, 1.807) is 10.9 Å². The van der Waals surface area contributed by atoms with Gasteiger partial charge in [0.25, 0.3) is 0 Å². The van der Waals surface area contributed by atoms with E-state index in [-0.39, 0.29) is 6.17 Å². The van der Waals surface area contributed by atoms with Gasteiger partial charge in [0.05, 0.1) is 5.39 Å². The topological polar surface area (TPSA) is 81.1 Å². The highest BCUT2D eigenvalue weighted by Crippen LogP contribution is 2.32. The molecule has 0 radical (unpaired) electrons. The monoisotopic (exact) mass is 298 g/mol. The van der Waals surface area contributed by atoms with Crippen molar-refractivity contribution in [3.63, 3.8) is 0 Å². The number of nitrogens with zero attached hydrogens (tertiary/aromatic N) is 4. The van der Waals surface area contributed by atoms with Gasteiger partial charge in [0.2, 0.25) is 0 Å². The van der Waals surface area contributed by atoms with E-state index in [0.717, 1.165) is 16.8 Å². The highest BCUT2D eigenvalue weighted by molar-refractivity contribution is 6.30. The lowest BCUT2D eigenvalue weighted by molar-refractivity contribution is 0.546. The molecule has 0 aliphatic carbocycles. The first-order chi connectivity index (χ1) is 10.2. The Morgan fingerprint density at radius 1 is 1.19 bits per heavy atom. The zero-order valence-electron chi connectivity index (χ0n) is 10.9. The first kappa shape index (κ1) is 12.2. The van der Waals surface area contributed by atoms with Crippen LogP contribution in [0.5, 0.6) is 0 Å². The highest BCUT2D eigenvalue weighted by atomic mass is 35.5. The smallest absolute Gasteiger partial charge is 0.196 e. The minimum atomic E-state index is -0.326. The first-order valence-electron chi connectivity index (χ1n) is 6.41. The van der Waals surface area contributed by atoms with Gasteiger partial charge in [0.15, 0.2) is 17.8 Å². The van der Waals surface area contributed by atoms with Gasteiger partial charge in [-0.25, -0.2) is 14.7 Å². The first-order valence-corrected chi connectivity index (χ1v) is 6.79. The molecule has 0 fully saturated rings. The number of hydrogen-bond donors (Lipinski definition) is 2. The maximum Gasteiger partial charge on any atom is 0.196 e. The van der Waals surface area contributed by atoms with Crippen LogP contribution in [0.1, 0.15) is 11.7 Å². The number of guanidine groups is 1. The normalized spacial score (nSPS) is 17.2. The quantitative estimate of drug-likeness (QED) is 0.722. The molecule has 0 saturated carbocycles. The zero-order chi connectivity index (χ0) is 14.4. The summed E-state index contributed by atoms with van der Waals surface area (Å²) in [4.78, 5) is 8.70. The number of fused-ring (bicyclic) bond motifs is 3. The van der Waals surface area contributed by atoms with Crippen LogP contribution in [-0.2, 0) is 0 Å². The van der Waals surface area contributed by atoms with E-state index in [4.69, 9.17) is 17.3 Å². The van der Waals surface area contributed by atoms with E-state index in [0.29, 0.717) is 16.6 Å². The van der Waals surface area contributed by atoms with Crippen molar-refractivity contribution in [3.8, 4) is 0 Å². The van der Waals surface area contributed by atoms with Crippen LogP contribution in [0.4, 0.5) is 5.82 Å². The lowest BCUT2D eigenvalue weighted by Crippen LogP contribution is -2.31. The minimum Gasteiger partial charge on any atom is -0.370 e. The summed E-state index contributed by atoms with van der Waals surface area (Å²) >= 11 is 5.94. The standard InChI is InChI=1S/C14H11ClN6/c15-9-5-3-8(4-6-9)12-18-14(16)19-13-10-2-1-7-17-11(10)20-21(12)13/h1-7,12H,(H3,16,18,19). The van der Waals surface area contributed by atoms with Crippen LogP contribution in [-0.4, -0.2) is 20.7 Å². The van der Waals surface area contributed by atoms with Gasteiger partial charge in [-0.05, 0) is 29.8 Å². The highest BCUT2D eigenvalue weighted by Gasteiger charge is 2.25. The molecule has 104 valence electrons. The number of aliphatic imine (C=N–C) groups is 1. The van der Waals surface area contributed by atoms with Crippen LogP contribution in [0.15, 0.2) is 47.6 Å². The van der Waals surface area contributed by atoms with Gasteiger partial charge in [-0.2, -0.15) is 0 Å². The third-order valence-electron chi connectivity index (χ3n) is 3.38. The number of rotatable bonds is 1. The Labute approximate surface area is 125 Å². The summed E-state index contributed by atoms with van der Waals surface area (Å²) < 4.78 is 1.79. The molecule has 3 N–H and O–H groups in total. The molecule has 1 aliphatic heterocycles. The van der Waals surface area contributed by atoms with Crippen molar-refractivity contribution in [2.45, 2.75) is 6.17 Å². The van der Waals surface area contributed by atoms with Crippen molar-refractivity contribution in [3.05, 3.63) is 53.2 Å². The zero-order valence-corrected chi connectivity index (χ0v) is 11.6. The number of benzene rings is 1. The lowest BCUT2D eigenvalue weighted by atomic mass is 10.1. The van der Waals surface area contributed by atoms with Crippen molar-refractivity contribution in [1.29, 1.82) is 0 Å². The number of hydrogen-bond acceptors (Lipinski definition) is 5. The minimum absolute atomic E-state index is 0.326. The van der Waals surface area contributed by atoms with E-state index in [1.165, 1.54) is 0 Å². The Morgan fingerprint density at radius 2 is 2.00 bits per heavy atom. The van der Waals surface area contributed by atoms with Crippen molar-refractivity contribution in [1.82, 2.24) is 14.8 Å². The fourth-order valence-electron chi connectivity index (χ4n) is 2.43. The molecule has 1 aromatic carbocycles. The van der Waals surface area contributed by atoms with E-state index in [2.05, 4.69) is 20.4 Å². The largest absolute Gasteiger partial charge is 0.370 e. The van der Waals surface area contributed by atoms with E-state index >= 15 is 0 Å². The van der Waals surface area contributed by atoms with Crippen molar-refractivity contribution in [2.75, 3.05) is 5.32 Å². The van der Waals surface area contributed by atoms with Crippen molar-refractivity contribution < 1.29 is 0 Å². The molecule has 2 aromatic heterocycles. The maximum absolute atomic E-state index is 5.94. The third-order valence-corrected chi connectivity index (χ3v) is 3.63. The van der Waals surface area contributed by atoms with Gasteiger partial charge in [0.1, 0.15) is 5.82 Å². The Balaban J connectivity index is 1.92. The Morgan fingerprint density at radius 3 is 2.81 bits per heavy atom. The van der Waals surface area contributed by atoms with Crippen LogP contribution >= 0.6 is 11.6 Å². The number of anilines is 1. The van der Waals surface area contributed by atoms with Crippen LogP contribution in [0, 0.1) is 0 Å². The van der Waals surface area contributed by atoms with Gasteiger partial charge < -0.3 is 11.1 Å². The lowest BCUT2D eigenvalue weighted by Gasteiger charge is -2.22. The molecule has 21 heavy (non-hydrogen) atoms. The van der Waals surface area contributed by atoms with Crippen LogP contribution in [0.3, 0.4) is 0 Å². The summed E-state index contributed by atoms with van der Waals surface area (Å²) in [5.41, 5.74) is 7.52. The van der Waals surface area contributed by atoms with Gasteiger partial charge in [0, 0.05) is 11.2 Å². The Kier molecular flexibility index (Phi) is 2.58. The van der Waals surface area contributed by atoms with E-state index < -0.39 is 0 Å². The summed E-state index contributed by atoms with van der Waals surface area (Å²) in [5.74, 6) is 1.15. The number of pyridine rings is 1. The Hall–Kier alpha value is -2.60. The van der Waals surface area contributed by atoms with Gasteiger partial charge in [-0.1, -0.05) is 23.7 Å². The summed E-state index contributed by atoms with van der Waals surface area (Å²) in [7, 11) is 0. The Bertz CT molecular complexity index is 852. The van der Waals surface area contributed by atoms with Gasteiger partial charge in [-0.3, -0.25) is 0 Å². The molecule has 0 spiro atoms. The third kappa shape index (κ3) is 1.92. The molecular formula is C14H11ClN6. The second-order valence-corrected chi connectivity index (χ2v) is 5.17. The molecule has 6 nitrogen and oxygen atoms in total. The molecule has 7 heteroatoms. The van der Waals surface area contributed by atoms with Gasteiger partial charge in [-0.15, -0.1) is 5.10 Å². The van der Waals surface area contributed by atoms with Crippen molar-refractivity contribution in [2.24, 2.45) is 10.7 Å². The fourth-order valence-corrected chi connectivity index (χ4v) is 2.56. The molecule has 1 unspecified atom stereocenters.